The Morgan fingerprint density at radius 1 is 1.16 bits per heavy atom. The van der Waals surface area contributed by atoms with Crippen LogP contribution in [0.15, 0.2) is 29.6 Å². The summed E-state index contributed by atoms with van der Waals surface area (Å²) in [5.74, 6) is 0.0615. The van der Waals surface area contributed by atoms with E-state index >= 15 is 0 Å². The molecule has 1 N–H and O–H groups in total. The number of carbonyl (C=O) groups excluding carboxylic acids is 2. The lowest BCUT2D eigenvalue weighted by molar-refractivity contribution is -0.117. The molecule has 1 aliphatic heterocycles. The highest BCUT2D eigenvalue weighted by atomic mass is 32.1. The monoisotopic (exact) mass is 358 g/mol. The molecular formula is C18H22N4O2S. The van der Waals surface area contributed by atoms with Crippen LogP contribution in [0.3, 0.4) is 0 Å². The molecule has 0 bridgehead atoms. The predicted octanol–water partition coefficient (Wildman–Crippen LogP) is 2.41. The molecule has 0 spiro atoms. The van der Waals surface area contributed by atoms with E-state index in [9.17, 15) is 9.59 Å². The fraction of sp³-hybridized carbons (Fsp3) is 0.389. The number of ketones is 1. The Kier molecular flexibility index (Phi) is 5.45. The minimum atomic E-state index is -0.0198. The van der Waals surface area contributed by atoms with Crippen LogP contribution >= 0.6 is 11.3 Å². The molecule has 0 atom stereocenters. The van der Waals surface area contributed by atoms with Gasteiger partial charge < -0.3 is 10.2 Å². The van der Waals surface area contributed by atoms with E-state index in [-0.39, 0.29) is 11.7 Å². The van der Waals surface area contributed by atoms with Crippen LogP contribution in [-0.2, 0) is 4.79 Å². The molecule has 132 valence electrons. The molecule has 0 saturated carbocycles. The highest BCUT2D eigenvalue weighted by Gasteiger charge is 2.19. The first-order valence-corrected chi connectivity index (χ1v) is 9.19. The van der Waals surface area contributed by atoms with E-state index in [2.05, 4.69) is 20.1 Å². The Hall–Kier alpha value is -2.25. The zero-order valence-electron chi connectivity index (χ0n) is 14.5. The van der Waals surface area contributed by atoms with Crippen molar-refractivity contribution in [2.45, 2.75) is 13.8 Å². The van der Waals surface area contributed by atoms with Gasteiger partial charge in [0.15, 0.2) is 10.9 Å². The first-order chi connectivity index (χ1) is 12.0. The van der Waals surface area contributed by atoms with Crippen molar-refractivity contribution in [1.29, 1.82) is 0 Å². The Morgan fingerprint density at radius 2 is 1.84 bits per heavy atom. The SMILES string of the molecule is CC(=O)c1ccc(N2CCN(CC(=O)Nc3nc(C)cs3)CC2)cc1. The van der Waals surface area contributed by atoms with E-state index in [4.69, 9.17) is 0 Å². The second-order valence-electron chi connectivity index (χ2n) is 6.21. The van der Waals surface area contributed by atoms with Crippen molar-refractivity contribution in [3.8, 4) is 0 Å². The van der Waals surface area contributed by atoms with Crippen LogP contribution in [0.1, 0.15) is 23.0 Å². The molecule has 1 amide bonds. The van der Waals surface area contributed by atoms with Crippen LogP contribution < -0.4 is 10.2 Å². The Bertz CT molecular complexity index is 749. The summed E-state index contributed by atoms with van der Waals surface area (Å²) < 4.78 is 0. The molecule has 25 heavy (non-hydrogen) atoms. The van der Waals surface area contributed by atoms with Gasteiger partial charge in [0.1, 0.15) is 0 Å². The molecular weight excluding hydrogens is 336 g/mol. The van der Waals surface area contributed by atoms with Crippen LogP contribution in [0.4, 0.5) is 10.8 Å². The summed E-state index contributed by atoms with van der Waals surface area (Å²) in [6.07, 6.45) is 0. The number of thiazole rings is 1. The maximum Gasteiger partial charge on any atom is 0.240 e. The van der Waals surface area contributed by atoms with Gasteiger partial charge in [-0.05, 0) is 38.1 Å². The molecule has 2 heterocycles. The van der Waals surface area contributed by atoms with Gasteiger partial charge in [0.05, 0.1) is 12.2 Å². The summed E-state index contributed by atoms with van der Waals surface area (Å²) in [6.45, 7) is 7.26. The van der Waals surface area contributed by atoms with E-state index in [0.717, 1.165) is 43.1 Å². The molecule has 0 aliphatic carbocycles. The van der Waals surface area contributed by atoms with Crippen molar-refractivity contribution < 1.29 is 9.59 Å². The zero-order chi connectivity index (χ0) is 17.8. The molecule has 1 aromatic heterocycles. The number of amides is 1. The third kappa shape index (κ3) is 4.64. The number of carbonyl (C=O) groups is 2. The first-order valence-electron chi connectivity index (χ1n) is 8.31. The van der Waals surface area contributed by atoms with Crippen molar-refractivity contribution in [3.63, 3.8) is 0 Å². The first kappa shape index (κ1) is 17.6. The number of piperazine rings is 1. The minimum Gasteiger partial charge on any atom is -0.369 e. The van der Waals surface area contributed by atoms with Crippen molar-refractivity contribution in [1.82, 2.24) is 9.88 Å². The highest BCUT2D eigenvalue weighted by molar-refractivity contribution is 7.13. The van der Waals surface area contributed by atoms with E-state index < -0.39 is 0 Å². The molecule has 1 saturated heterocycles. The van der Waals surface area contributed by atoms with Gasteiger partial charge in [0, 0.05) is 42.8 Å². The number of rotatable bonds is 5. The topological polar surface area (TPSA) is 65.5 Å². The zero-order valence-corrected chi connectivity index (χ0v) is 15.3. The van der Waals surface area contributed by atoms with Crippen molar-refractivity contribution in [2.24, 2.45) is 0 Å². The molecule has 1 fully saturated rings. The maximum absolute atomic E-state index is 12.1. The van der Waals surface area contributed by atoms with Crippen LogP contribution in [0.25, 0.3) is 0 Å². The van der Waals surface area contributed by atoms with Crippen molar-refractivity contribution >= 4 is 33.8 Å². The Labute approximate surface area is 151 Å². The standard InChI is InChI=1S/C18H22N4O2S/c1-13-12-25-18(19-13)20-17(24)11-21-7-9-22(10-8-21)16-5-3-15(4-6-16)14(2)23/h3-6,12H,7-11H2,1-2H3,(H,19,20,24). The van der Waals surface area contributed by atoms with Gasteiger partial charge in [-0.1, -0.05) is 0 Å². The van der Waals surface area contributed by atoms with Crippen LogP contribution in [0, 0.1) is 6.92 Å². The average Bonchev–Trinajstić information content (AvgIpc) is 3.00. The fourth-order valence-corrected chi connectivity index (χ4v) is 3.55. The molecule has 1 aromatic carbocycles. The number of nitrogens with one attached hydrogen (secondary N) is 1. The quantitative estimate of drug-likeness (QED) is 0.832. The van der Waals surface area contributed by atoms with Crippen LogP contribution in [0.2, 0.25) is 0 Å². The summed E-state index contributed by atoms with van der Waals surface area (Å²) >= 11 is 1.45. The number of aryl methyl sites for hydroxylation is 1. The molecule has 2 aromatic rings. The van der Waals surface area contributed by atoms with Crippen LogP contribution in [-0.4, -0.2) is 54.3 Å². The lowest BCUT2D eigenvalue weighted by Gasteiger charge is -2.35. The number of nitrogens with zero attached hydrogens (tertiary/aromatic N) is 3. The lowest BCUT2D eigenvalue weighted by atomic mass is 10.1. The maximum atomic E-state index is 12.1. The second kappa shape index (κ2) is 7.76. The predicted molar refractivity (Wildman–Crippen MR) is 101 cm³/mol. The number of hydrogen-bond donors (Lipinski definition) is 1. The third-order valence-corrected chi connectivity index (χ3v) is 5.12. The molecule has 6 nitrogen and oxygen atoms in total. The Balaban J connectivity index is 1.48. The lowest BCUT2D eigenvalue weighted by Crippen LogP contribution is -2.48. The average molecular weight is 358 g/mol. The number of Topliss-reactive ketones (excluding diaryl/α,β-unsaturated/α-hetero) is 1. The number of benzene rings is 1. The van der Waals surface area contributed by atoms with Gasteiger partial charge in [0.2, 0.25) is 5.91 Å². The number of hydrogen-bond acceptors (Lipinski definition) is 6. The van der Waals surface area contributed by atoms with E-state index in [0.29, 0.717) is 11.7 Å². The highest BCUT2D eigenvalue weighted by Crippen LogP contribution is 2.18. The molecule has 1 aliphatic rings. The number of anilines is 2. The summed E-state index contributed by atoms with van der Waals surface area (Å²) in [5.41, 5.74) is 2.77. The minimum absolute atomic E-state index is 0.0198. The van der Waals surface area contributed by atoms with E-state index in [1.165, 1.54) is 11.3 Å². The molecule has 3 rings (SSSR count). The van der Waals surface area contributed by atoms with Gasteiger partial charge >= 0.3 is 0 Å². The van der Waals surface area contributed by atoms with E-state index in [1.807, 2.05) is 36.6 Å². The van der Waals surface area contributed by atoms with Gasteiger partial charge in [-0.15, -0.1) is 11.3 Å². The fourth-order valence-electron chi connectivity index (χ4n) is 2.84. The molecule has 0 radical (unpaired) electrons. The summed E-state index contributed by atoms with van der Waals surface area (Å²) in [4.78, 5) is 32.1. The summed E-state index contributed by atoms with van der Waals surface area (Å²) in [7, 11) is 0. The summed E-state index contributed by atoms with van der Waals surface area (Å²) in [5, 5.41) is 5.43. The molecule has 0 unspecified atom stereocenters. The smallest absolute Gasteiger partial charge is 0.240 e. The number of aromatic nitrogens is 1. The van der Waals surface area contributed by atoms with Crippen molar-refractivity contribution in [3.05, 3.63) is 40.9 Å². The van der Waals surface area contributed by atoms with Gasteiger partial charge in [0.25, 0.3) is 0 Å². The van der Waals surface area contributed by atoms with Gasteiger partial charge in [-0.2, -0.15) is 0 Å². The van der Waals surface area contributed by atoms with Crippen molar-refractivity contribution in [2.75, 3.05) is 42.9 Å². The second-order valence-corrected chi connectivity index (χ2v) is 7.07. The third-order valence-electron chi connectivity index (χ3n) is 4.24. The Morgan fingerprint density at radius 3 is 2.40 bits per heavy atom. The van der Waals surface area contributed by atoms with Gasteiger partial charge in [-0.25, -0.2) is 4.98 Å². The van der Waals surface area contributed by atoms with Gasteiger partial charge in [-0.3, -0.25) is 14.5 Å². The molecule has 7 heteroatoms. The van der Waals surface area contributed by atoms with E-state index in [1.54, 1.807) is 6.92 Å². The normalized spacial score (nSPS) is 15.2. The summed E-state index contributed by atoms with van der Waals surface area (Å²) in [6, 6.07) is 7.72. The largest absolute Gasteiger partial charge is 0.369 e. The van der Waals surface area contributed by atoms with Crippen LogP contribution in [0.5, 0.6) is 0 Å².